The van der Waals surface area contributed by atoms with Crippen LogP contribution in [-0.2, 0) is 15.0 Å². The number of carbonyl (C=O) groups excluding carboxylic acids is 1. The molecule has 0 bridgehead atoms. The van der Waals surface area contributed by atoms with Gasteiger partial charge in [-0.05, 0) is 29.0 Å². The first kappa shape index (κ1) is 22.3. The topological polar surface area (TPSA) is 66.4 Å². The maximum atomic E-state index is 13.3. The third-order valence-corrected chi connectivity index (χ3v) is 5.57. The van der Waals surface area contributed by atoms with Crippen molar-refractivity contribution >= 4 is 11.9 Å². The SMILES string of the molecule is CC(C)C[C@@H](NC(=O)CC(c1ccccc1)(c1ccccc1)c1ccccc1)C(=O)O. The molecule has 0 aliphatic rings. The van der Waals surface area contributed by atoms with E-state index in [9.17, 15) is 14.7 Å². The Labute approximate surface area is 183 Å². The molecule has 0 unspecified atom stereocenters. The lowest BCUT2D eigenvalue weighted by Crippen LogP contribution is -2.45. The molecule has 0 spiro atoms. The highest BCUT2D eigenvalue weighted by molar-refractivity contribution is 5.85. The third kappa shape index (κ3) is 5.21. The summed E-state index contributed by atoms with van der Waals surface area (Å²) in [5, 5.41) is 12.4. The van der Waals surface area contributed by atoms with E-state index in [1.165, 1.54) is 0 Å². The molecule has 0 aromatic heterocycles. The predicted octanol–water partition coefficient (Wildman–Crippen LogP) is 5.03. The van der Waals surface area contributed by atoms with E-state index < -0.39 is 17.4 Å². The molecule has 2 N–H and O–H groups in total. The Kier molecular flexibility index (Phi) is 7.24. The molecule has 0 fully saturated rings. The number of carboxylic acids is 1. The lowest BCUT2D eigenvalue weighted by Gasteiger charge is -2.36. The average molecular weight is 416 g/mol. The number of carbonyl (C=O) groups is 2. The van der Waals surface area contributed by atoms with Crippen molar-refractivity contribution in [1.82, 2.24) is 5.32 Å². The molecular formula is C27H29NO3. The second-order valence-electron chi connectivity index (χ2n) is 8.27. The lowest BCUT2D eigenvalue weighted by molar-refractivity contribution is -0.142. The van der Waals surface area contributed by atoms with Crippen LogP contribution in [0.3, 0.4) is 0 Å². The van der Waals surface area contributed by atoms with Gasteiger partial charge in [-0.2, -0.15) is 0 Å². The van der Waals surface area contributed by atoms with Gasteiger partial charge < -0.3 is 10.4 Å². The van der Waals surface area contributed by atoms with Gasteiger partial charge >= 0.3 is 5.97 Å². The molecule has 3 aromatic rings. The number of rotatable bonds is 9. The van der Waals surface area contributed by atoms with Crippen LogP contribution in [0.2, 0.25) is 0 Å². The number of carboxylic acid groups (broad SMARTS) is 1. The lowest BCUT2D eigenvalue weighted by atomic mass is 9.67. The molecule has 160 valence electrons. The van der Waals surface area contributed by atoms with E-state index in [-0.39, 0.29) is 18.2 Å². The Morgan fingerprint density at radius 3 is 1.48 bits per heavy atom. The molecule has 0 saturated heterocycles. The summed E-state index contributed by atoms with van der Waals surface area (Å²) in [5.74, 6) is -1.14. The second kappa shape index (κ2) is 10.1. The summed E-state index contributed by atoms with van der Waals surface area (Å²) in [7, 11) is 0. The number of hydrogen-bond acceptors (Lipinski definition) is 2. The van der Waals surface area contributed by atoms with E-state index in [1.807, 2.05) is 105 Å². The highest BCUT2D eigenvalue weighted by Crippen LogP contribution is 2.42. The minimum Gasteiger partial charge on any atom is -0.480 e. The van der Waals surface area contributed by atoms with Crippen molar-refractivity contribution in [2.45, 2.75) is 38.1 Å². The van der Waals surface area contributed by atoms with E-state index in [0.29, 0.717) is 6.42 Å². The van der Waals surface area contributed by atoms with Gasteiger partial charge in [-0.25, -0.2) is 4.79 Å². The van der Waals surface area contributed by atoms with E-state index in [2.05, 4.69) is 5.32 Å². The monoisotopic (exact) mass is 415 g/mol. The van der Waals surface area contributed by atoms with E-state index in [0.717, 1.165) is 16.7 Å². The predicted molar refractivity (Wildman–Crippen MR) is 123 cm³/mol. The number of hydrogen-bond donors (Lipinski definition) is 2. The molecule has 0 radical (unpaired) electrons. The fourth-order valence-corrected chi connectivity index (χ4v) is 4.15. The zero-order chi connectivity index (χ0) is 22.3. The molecule has 4 heteroatoms. The fourth-order valence-electron chi connectivity index (χ4n) is 4.15. The van der Waals surface area contributed by atoms with Crippen LogP contribution in [0.25, 0.3) is 0 Å². The summed E-state index contributed by atoms with van der Waals surface area (Å²) in [5.41, 5.74) is 2.21. The summed E-state index contributed by atoms with van der Waals surface area (Å²) in [6.07, 6.45) is 0.489. The third-order valence-electron chi connectivity index (χ3n) is 5.57. The van der Waals surface area contributed by atoms with Crippen LogP contribution in [0.15, 0.2) is 91.0 Å². The molecule has 0 saturated carbocycles. The van der Waals surface area contributed by atoms with Gasteiger partial charge in [0.05, 0.1) is 5.41 Å². The van der Waals surface area contributed by atoms with Crippen molar-refractivity contribution in [2.24, 2.45) is 5.92 Å². The molecule has 0 aliphatic heterocycles. The van der Waals surface area contributed by atoms with Crippen LogP contribution >= 0.6 is 0 Å². The maximum absolute atomic E-state index is 13.3. The van der Waals surface area contributed by atoms with E-state index in [1.54, 1.807) is 0 Å². The average Bonchev–Trinajstić information content (AvgIpc) is 2.78. The zero-order valence-corrected chi connectivity index (χ0v) is 18.0. The molecule has 4 nitrogen and oxygen atoms in total. The number of aliphatic carboxylic acids is 1. The summed E-state index contributed by atoms with van der Waals surface area (Å²) < 4.78 is 0. The minimum atomic E-state index is -1.01. The quantitative estimate of drug-likeness (QED) is 0.482. The number of amides is 1. The molecule has 0 heterocycles. The van der Waals surface area contributed by atoms with Crippen molar-refractivity contribution < 1.29 is 14.7 Å². The van der Waals surface area contributed by atoms with Gasteiger partial charge in [0, 0.05) is 6.42 Å². The van der Waals surface area contributed by atoms with Gasteiger partial charge in [-0.3, -0.25) is 4.79 Å². The molecular weight excluding hydrogens is 386 g/mol. The molecule has 1 amide bonds. The van der Waals surface area contributed by atoms with Crippen molar-refractivity contribution in [3.63, 3.8) is 0 Å². The smallest absolute Gasteiger partial charge is 0.326 e. The normalized spacial score (nSPS) is 12.4. The van der Waals surface area contributed by atoms with E-state index in [4.69, 9.17) is 0 Å². The molecule has 3 rings (SSSR count). The van der Waals surface area contributed by atoms with Crippen molar-refractivity contribution in [2.75, 3.05) is 0 Å². The van der Waals surface area contributed by atoms with Gasteiger partial charge in [0.15, 0.2) is 0 Å². The van der Waals surface area contributed by atoms with Crippen molar-refractivity contribution in [1.29, 1.82) is 0 Å². The summed E-state index contributed by atoms with van der Waals surface area (Å²) in [6.45, 7) is 3.90. The van der Waals surface area contributed by atoms with Crippen molar-refractivity contribution in [3.05, 3.63) is 108 Å². The molecule has 31 heavy (non-hydrogen) atoms. The molecule has 1 atom stereocenters. The van der Waals surface area contributed by atoms with Crippen LogP contribution in [0.1, 0.15) is 43.4 Å². The van der Waals surface area contributed by atoms with Crippen LogP contribution in [0.5, 0.6) is 0 Å². The first-order chi connectivity index (χ1) is 14.9. The standard InChI is InChI=1S/C27H29NO3/c1-20(2)18-24(26(30)31)28-25(29)19-27(21-12-6-3-7-13-21,22-14-8-4-9-15-22)23-16-10-5-11-17-23/h3-17,20,24H,18-19H2,1-2H3,(H,28,29)(H,30,31)/t24-/m1/s1. The highest BCUT2D eigenvalue weighted by atomic mass is 16.4. The Morgan fingerprint density at radius 2 is 1.16 bits per heavy atom. The summed E-state index contributed by atoms with van der Waals surface area (Å²) in [4.78, 5) is 25.0. The molecule has 0 aliphatic carbocycles. The van der Waals surface area contributed by atoms with Crippen LogP contribution < -0.4 is 5.32 Å². The minimum absolute atomic E-state index is 0.104. The van der Waals surface area contributed by atoms with Crippen LogP contribution in [0.4, 0.5) is 0 Å². The van der Waals surface area contributed by atoms with Gasteiger partial charge in [0.25, 0.3) is 0 Å². The fraction of sp³-hybridized carbons (Fsp3) is 0.259. The van der Waals surface area contributed by atoms with Crippen LogP contribution in [-0.4, -0.2) is 23.0 Å². The van der Waals surface area contributed by atoms with Gasteiger partial charge in [-0.1, -0.05) is 105 Å². The first-order valence-corrected chi connectivity index (χ1v) is 10.6. The number of benzene rings is 3. The van der Waals surface area contributed by atoms with Gasteiger partial charge in [0.2, 0.25) is 5.91 Å². The Hall–Kier alpha value is -3.40. The summed E-state index contributed by atoms with van der Waals surface area (Å²) in [6, 6.07) is 28.9. The van der Waals surface area contributed by atoms with Crippen LogP contribution in [0, 0.1) is 5.92 Å². The Morgan fingerprint density at radius 1 is 0.774 bits per heavy atom. The maximum Gasteiger partial charge on any atom is 0.326 e. The zero-order valence-electron chi connectivity index (χ0n) is 18.0. The second-order valence-corrected chi connectivity index (χ2v) is 8.27. The largest absolute Gasteiger partial charge is 0.480 e. The van der Waals surface area contributed by atoms with Crippen molar-refractivity contribution in [3.8, 4) is 0 Å². The highest BCUT2D eigenvalue weighted by Gasteiger charge is 2.39. The Balaban J connectivity index is 2.10. The Bertz CT molecular complexity index is 888. The molecule has 3 aromatic carbocycles. The van der Waals surface area contributed by atoms with Gasteiger partial charge in [0.1, 0.15) is 6.04 Å². The summed E-state index contributed by atoms with van der Waals surface area (Å²) >= 11 is 0. The van der Waals surface area contributed by atoms with Gasteiger partial charge in [-0.15, -0.1) is 0 Å². The number of nitrogens with one attached hydrogen (secondary N) is 1. The van der Waals surface area contributed by atoms with E-state index >= 15 is 0 Å². The first-order valence-electron chi connectivity index (χ1n) is 10.6.